The van der Waals surface area contributed by atoms with Crippen molar-refractivity contribution in [3.05, 3.63) is 77.1 Å². The fourth-order valence-corrected chi connectivity index (χ4v) is 2.33. The Balaban J connectivity index is 1.69. The Bertz CT molecular complexity index is 973. The molecular formula is C20H17N5O. The van der Waals surface area contributed by atoms with Crippen molar-refractivity contribution in [2.45, 2.75) is 13.8 Å². The second-order valence-corrected chi connectivity index (χ2v) is 5.88. The highest BCUT2D eigenvalue weighted by atomic mass is 16.1. The third-order valence-electron chi connectivity index (χ3n) is 3.83. The first-order valence-corrected chi connectivity index (χ1v) is 8.03. The van der Waals surface area contributed by atoms with Crippen molar-refractivity contribution < 1.29 is 4.79 Å². The normalized spacial score (nSPS) is 10.0. The number of nitrogens with one attached hydrogen (secondary N) is 2. The van der Waals surface area contributed by atoms with Gasteiger partial charge < -0.3 is 10.6 Å². The fourth-order valence-electron chi connectivity index (χ4n) is 2.33. The van der Waals surface area contributed by atoms with Crippen LogP contribution in [0.2, 0.25) is 0 Å². The van der Waals surface area contributed by atoms with Crippen LogP contribution in [0.4, 0.5) is 17.3 Å². The molecule has 0 aliphatic rings. The van der Waals surface area contributed by atoms with Crippen LogP contribution in [0.25, 0.3) is 0 Å². The molecule has 6 heteroatoms. The van der Waals surface area contributed by atoms with Crippen LogP contribution >= 0.6 is 0 Å². The van der Waals surface area contributed by atoms with Crippen LogP contribution in [0.15, 0.2) is 54.9 Å². The summed E-state index contributed by atoms with van der Waals surface area (Å²) >= 11 is 0. The Hall–Kier alpha value is -3.72. The number of amides is 1. The molecule has 0 saturated carbocycles. The van der Waals surface area contributed by atoms with Crippen molar-refractivity contribution >= 4 is 23.2 Å². The zero-order valence-corrected chi connectivity index (χ0v) is 14.4. The van der Waals surface area contributed by atoms with Crippen molar-refractivity contribution in [2.24, 2.45) is 0 Å². The maximum atomic E-state index is 12.3. The van der Waals surface area contributed by atoms with E-state index in [4.69, 9.17) is 5.26 Å². The minimum Gasteiger partial charge on any atom is -0.324 e. The summed E-state index contributed by atoms with van der Waals surface area (Å²) in [7, 11) is 0. The van der Waals surface area contributed by atoms with Gasteiger partial charge in [-0.05, 0) is 55.3 Å². The zero-order chi connectivity index (χ0) is 18.5. The van der Waals surface area contributed by atoms with Crippen molar-refractivity contribution in [1.29, 1.82) is 5.26 Å². The Morgan fingerprint density at radius 2 is 1.73 bits per heavy atom. The van der Waals surface area contributed by atoms with Crippen LogP contribution in [0, 0.1) is 25.2 Å². The smallest absolute Gasteiger partial charge is 0.258 e. The average Bonchev–Trinajstić information content (AvgIpc) is 2.66. The third-order valence-corrected chi connectivity index (χ3v) is 3.83. The highest BCUT2D eigenvalue weighted by Crippen LogP contribution is 2.19. The van der Waals surface area contributed by atoms with Crippen molar-refractivity contribution in [1.82, 2.24) is 9.97 Å². The van der Waals surface area contributed by atoms with Gasteiger partial charge in [0.2, 0.25) is 5.95 Å². The number of anilines is 3. The van der Waals surface area contributed by atoms with E-state index >= 15 is 0 Å². The van der Waals surface area contributed by atoms with Crippen LogP contribution in [-0.4, -0.2) is 15.9 Å². The Kier molecular flexibility index (Phi) is 4.90. The van der Waals surface area contributed by atoms with E-state index in [-0.39, 0.29) is 5.91 Å². The molecule has 3 aromatic rings. The lowest BCUT2D eigenvalue weighted by Crippen LogP contribution is -2.13. The van der Waals surface area contributed by atoms with Gasteiger partial charge in [0.15, 0.2) is 0 Å². The summed E-state index contributed by atoms with van der Waals surface area (Å²) in [5, 5.41) is 14.7. The summed E-state index contributed by atoms with van der Waals surface area (Å²) in [6, 6.07) is 14.7. The molecule has 0 spiro atoms. The van der Waals surface area contributed by atoms with Gasteiger partial charge in [0.1, 0.15) is 0 Å². The molecule has 0 fully saturated rings. The number of aryl methyl sites for hydroxylation is 2. The molecule has 0 aliphatic heterocycles. The maximum absolute atomic E-state index is 12.3. The summed E-state index contributed by atoms with van der Waals surface area (Å²) in [5.41, 5.74) is 4.64. The lowest BCUT2D eigenvalue weighted by atomic mass is 10.1. The van der Waals surface area contributed by atoms with Crippen LogP contribution in [0.1, 0.15) is 27.0 Å². The highest BCUT2D eigenvalue weighted by Gasteiger charge is 2.08. The minimum atomic E-state index is -0.312. The number of benzene rings is 2. The SMILES string of the molecule is Cc1ccc(C)c(Nc2ncc(C(=O)Nc3ccc(C#N)cc3)cn2)c1. The van der Waals surface area contributed by atoms with Crippen molar-refractivity contribution in [3.63, 3.8) is 0 Å². The molecule has 26 heavy (non-hydrogen) atoms. The lowest BCUT2D eigenvalue weighted by molar-refractivity contribution is 0.102. The highest BCUT2D eigenvalue weighted by molar-refractivity contribution is 6.03. The van der Waals surface area contributed by atoms with Gasteiger partial charge in [-0.15, -0.1) is 0 Å². The molecule has 3 rings (SSSR count). The zero-order valence-electron chi connectivity index (χ0n) is 14.4. The quantitative estimate of drug-likeness (QED) is 0.748. The van der Waals surface area contributed by atoms with Gasteiger partial charge in [0.05, 0.1) is 17.2 Å². The fraction of sp³-hybridized carbons (Fsp3) is 0.100. The van der Waals surface area contributed by atoms with Gasteiger partial charge >= 0.3 is 0 Å². The molecule has 0 saturated heterocycles. The number of nitriles is 1. The second-order valence-electron chi connectivity index (χ2n) is 5.88. The lowest BCUT2D eigenvalue weighted by Gasteiger charge is -2.09. The van der Waals surface area contributed by atoms with Crippen LogP contribution in [0.3, 0.4) is 0 Å². The van der Waals surface area contributed by atoms with Crippen LogP contribution in [-0.2, 0) is 0 Å². The first kappa shape index (κ1) is 17.1. The number of rotatable bonds is 4. The van der Waals surface area contributed by atoms with Crippen LogP contribution in [0.5, 0.6) is 0 Å². The van der Waals surface area contributed by atoms with Crippen molar-refractivity contribution in [3.8, 4) is 6.07 Å². The predicted octanol–water partition coefficient (Wildman–Crippen LogP) is 3.96. The maximum Gasteiger partial charge on any atom is 0.258 e. The van der Waals surface area contributed by atoms with E-state index in [0.717, 1.165) is 16.8 Å². The third kappa shape index (κ3) is 4.02. The minimum absolute atomic E-state index is 0.312. The number of carbonyl (C=O) groups is 1. The number of carbonyl (C=O) groups excluding carboxylic acids is 1. The first-order valence-electron chi connectivity index (χ1n) is 8.03. The molecule has 6 nitrogen and oxygen atoms in total. The number of nitrogens with zero attached hydrogens (tertiary/aromatic N) is 3. The number of hydrogen-bond acceptors (Lipinski definition) is 5. The summed E-state index contributed by atoms with van der Waals surface area (Å²) in [5.74, 6) is 0.113. The molecule has 0 radical (unpaired) electrons. The van der Waals surface area contributed by atoms with Gasteiger partial charge in [0, 0.05) is 23.8 Å². The monoisotopic (exact) mass is 343 g/mol. The number of hydrogen-bond donors (Lipinski definition) is 2. The molecule has 0 atom stereocenters. The van der Waals surface area contributed by atoms with Crippen LogP contribution < -0.4 is 10.6 Å². The topological polar surface area (TPSA) is 90.7 Å². The first-order chi connectivity index (χ1) is 12.5. The standard InChI is InChI=1S/C20H17N5O/c1-13-3-4-14(2)18(9-13)25-20-22-11-16(12-23-20)19(26)24-17-7-5-15(10-21)6-8-17/h3-9,11-12H,1-2H3,(H,24,26)(H,22,23,25). The molecule has 0 bridgehead atoms. The molecule has 1 heterocycles. The summed E-state index contributed by atoms with van der Waals surface area (Å²) in [6.07, 6.45) is 2.94. The molecule has 0 aliphatic carbocycles. The van der Waals surface area contributed by atoms with E-state index in [1.807, 2.05) is 38.1 Å². The van der Waals surface area contributed by atoms with E-state index in [9.17, 15) is 4.79 Å². The summed E-state index contributed by atoms with van der Waals surface area (Å²) in [6.45, 7) is 4.02. The molecule has 2 N–H and O–H groups in total. The van der Waals surface area contributed by atoms with E-state index < -0.39 is 0 Å². The Labute approximate surface area is 151 Å². The largest absolute Gasteiger partial charge is 0.324 e. The molecule has 2 aromatic carbocycles. The van der Waals surface area contributed by atoms with E-state index in [2.05, 4.69) is 20.6 Å². The molecule has 1 aromatic heterocycles. The summed E-state index contributed by atoms with van der Waals surface area (Å²) in [4.78, 5) is 20.7. The molecule has 1 amide bonds. The molecule has 128 valence electrons. The van der Waals surface area contributed by atoms with Gasteiger partial charge in [-0.25, -0.2) is 9.97 Å². The predicted molar refractivity (Wildman–Crippen MR) is 100 cm³/mol. The van der Waals surface area contributed by atoms with Gasteiger partial charge in [0.25, 0.3) is 5.91 Å². The molecular weight excluding hydrogens is 326 g/mol. The van der Waals surface area contributed by atoms with E-state index in [1.165, 1.54) is 12.4 Å². The van der Waals surface area contributed by atoms with E-state index in [1.54, 1.807) is 24.3 Å². The number of aromatic nitrogens is 2. The average molecular weight is 343 g/mol. The molecule has 0 unspecified atom stereocenters. The van der Waals surface area contributed by atoms with Gasteiger partial charge in [-0.2, -0.15) is 5.26 Å². The van der Waals surface area contributed by atoms with Crippen molar-refractivity contribution in [2.75, 3.05) is 10.6 Å². The Morgan fingerprint density at radius 1 is 1.04 bits per heavy atom. The Morgan fingerprint density at radius 3 is 2.38 bits per heavy atom. The second kappa shape index (κ2) is 7.45. The van der Waals surface area contributed by atoms with Gasteiger partial charge in [-0.3, -0.25) is 4.79 Å². The van der Waals surface area contributed by atoms with E-state index in [0.29, 0.717) is 22.8 Å². The van der Waals surface area contributed by atoms with Gasteiger partial charge in [-0.1, -0.05) is 12.1 Å². The summed E-state index contributed by atoms with van der Waals surface area (Å²) < 4.78 is 0.